The first-order chi connectivity index (χ1) is 14.2. The Kier molecular flexibility index (Phi) is 7.85. The molecule has 0 radical (unpaired) electrons. The normalized spacial score (nSPS) is 12.9. The Balaban J connectivity index is 1.66. The van der Waals surface area contributed by atoms with E-state index in [1.807, 2.05) is 66.7 Å². The Labute approximate surface area is 175 Å². The zero-order valence-corrected chi connectivity index (χ0v) is 17.7. The van der Waals surface area contributed by atoms with Crippen molar-refractivity contribution in [2.75, 3.05) is 19.1 Å². The summed E-state index contributed by atoms with van der Waals surface area (Å²) >= 11 is 0. The smallest absolute Gasteiger partial charge is 0.161 e. The molecule has 2 atom stereocenters. The minimum absolute atomic E-state index is 0.0297. The average Bonchev–Trinajstić information content (AvgIpc) is 2.76. The van der Waals surface area contributed by atoms with E-state index in [0.717, 1.165) is 22.4 Å². The van der Waals surface area contributed by atoms with Crippen molar-refractivity contribution in [3.63, 3.8) is 0 Å². The van der Waals surface area contributed by atoms with Crippen molar-refractivity contribution in [3.05, 3.63) is 95.6 Å². The van der Waals surface area contributed by atoms with Crippen LogP contribution >= 0.6 is 0 Å². The first-order valence-electron chi connectivity index (χ1n) is 9.57. The minimum atomic E-state index is -0.892. The number of hydrogen-bond donors (Lipinski definition) is 1. The van der Waals surface area contributed by atoms with E-state index < -0.39 is 10.8 Å². The van der Waals surface area contributed by atoms with Gasteiger partial charge in [-0.2, -0.15) is 0 Å². The SMILES string of the molecule is COc1cc(CNC(CS(C)=O)c2ccccc2)ccc1OCc1ccccc1. The van der Waals surface area contributed by atoms with Crippen LogP contribution in [-0.4, -0.2) is 23.3 Å². The number of rotatable bonds is 10. The molecule has 0 heterocycles. The lowest BCUT2D eigenvalue weighted by Gasteiger charge is -2.19. The van der Waals surface area contributed by atoms with Gasteiger partial charge < -0.3 is 14.8 Å². The van der Waals surface area contributed by atoms with E-state index in [0.29, 0.717) is 24.7 Å². The third kappa shape index (κ3) is 6.44. The predicted octanol–water partition coefficient (Wildman–Crippen LogP) is 4.48. The van der Waals surface area contributed by atoms with E-state index in [9.17, 15) is 4.21 Å². The predicted molar refractivity (Wildman–Crippen MR) is 119 cm³/mol. The summed E-state index contributed by atoms with van der Waals surface area (Å²) in [6.07, 6.45) is 1.74. The van der Waals surface area contributed by atoms with Gasteiger partial charge in [-0.15, -0.1) is 0 Å². The summed E-state index contributed by atoms with van der Waals surface area (Å²) in [5.74, 6) is 1.99. The molecule has 3 rings (SSSR count). The van der Waals surface area contributed by atoms with Crippen LogP contribution in [0.25, 0.3) is 0 Å². The molecule has 0 spiro atoms. The molecule has 0 aliphatic rings. The van der Waals surface area contributed by atoms with Crippen LogP contribution < -0.4 is 14.8 Å². The number of methoxy groups -OCH3 is 1. The van der Waals surface area contributed by atoms with Crippen molar-refractivity contribution >= 4 is 10.8 Å². The molecule has 4 nitrogen and oxygen atoms in total. The van der Waals surface area contributed by atoms with Crippen molar-refractivity contribution in [3.8, 4) is 11.5 Å². The topological polar surface area (TPSA) is 47.6 Å². The van der Waals surface area contributed by atoms with Gasteiger partial charge in [0.15, 0.2) is 11.5 Å². The van der Waals surface area contributed by atoms with Gasteiger partial charge in [0.1, 0.15) is 6.61 Å². The first kappa shape index (κ1) is 21.1. The van der Waals surface area contributed by atoms with E-state index in [-0.39, 0.29) is 6.04 Å². The average molecular weight is 410 g/mol. The van der Waals surface area contributed by atoms with E-state index in [4.69, 9.17) is 9.47 Å². The molecular formula is C24H27NO3S. The van der Waals surface area contributed by atoms with Crippen molar-refractivity contribution in [2.45, 2.75) is 19.2 Å². The molecule has 0 aliphatic carbocycles. The van der Waals surface area contributed by atoms with Gasteiger partial charge >= 0.3 is 0 Å². The Morgan fingerprint density at radius 1 is 0.897 bits per heavy atom. The number of benzene rings is 3. The van der Waals surface area contributed by atoms with Crippen molar-refractivity contribution in [1.82, 2.24) is 5.32 Å². The minimum Gasteiger partial charge on any atom is -0.493 e. The largest absolute Gasteiger partial charge is 0.493 e. The molecule has 0 saturated heterocycles. The van der Waals surface area contributed by atoms with Crippen LogP contribution in [0.5, 0.6) is 11.5 Å². The van der Waals surface area contributed by atoms with E-state index in [1.165, 1.54) is 0 Å². The van der Waals surface area contributed by atoms with Crippen molar-refractivity contribution in [2.24, 2.45) is 0 Å². The lowest BCUT2D eigenvalue weighted by Crippen LogP contribution is -2.25. The highest BCUT2D eigenvalue weighted by Gasteiger charge is 2.13. The van der Waals surface area contributed by atoms with Gasteiger partial charge in [-0.3, -0.25) is 4.21 Å². The second kappa shape index (κ2) is 10.8. The summed E-state index contributed by atoms with van der Waals surface area (Å²) in [6.45, 7) is 1.14. The Bertz CT molecular complexity index is 916. The molecule has 29 heavy (non-hydrogen) atoms. The Hall–Kier alpha value is -2.63. The lowest BCUT2D eigenvalue weighted by molar-refractivity contribution is 0.284. The van der Waals surface area contributed by atoms with E-state index in [1.54, 1.807) is 13.4 Å². The molecule has 0 bridgehead atoms. The van der Waals surface area contributed by atoms with E-state index in [2.05, 4.69) is 17.4 Å². The van der Waals surface area contributed by atoms with Gasteiger partial charge in [-0.25, -0.2) is 0 Å². The summed E-state index contributed by atoms with van der Waals surface area (Å²) in [5, 5.41) is 3.52. The van der Waals surface area contributed by atoms with Crippen LogP contribution in [0.15, 0.2) is 78.9 Å². The Morgan fingerprint density at radius 2 is 1.59 bits per heavy atom. The van der Waals surface area contributed by atoms with Crippen LogP contribution in [0.4, 0.5) is 0 Å². The zero-order valence-electron chi connectivity index (χ0n) is 16.8. The highest BCUT2D eigenvalue weighted by Crippen LogP contribution is 2.29. The number of hydrogen-bond acceptors (Lipinski definition) is 4. The molecule has 152 valence electrons. The lowest BCUT2D eigenvalue weighted by atomic mass is 10.1. The molecule has 0 amide bonds. The molecule has 0 fully saturated rings. The standard InChI is InChI=1S/C24H27NO3S/c1-27-24-15-20(13-14-23(24)28-17-19-9-5-3-6-10-19)16-25-22(18-29(2)26)21-11-7-4-8-12-21/h3-15,22,25H,16-18H2,1-2H3. The van der Waals surface area contributed by atoms with Crippen molar-refractivity contribution < 1.29 is 13.7 Å². The fourth-order valence-electron chi connectivity index (χ4n) is 3.11. The third-order valence-electron chi connectivity index (χ3n) is 4.62. The van der Waals surface area contributed by atoms with E-state index >= 15 is 0 Å². The maximum Gasteiger partial charge on any atom is 0.161 e. The second-order valence-corrected chi connectivity index (χ2v) is 8.32. The molecule has 1 N–H and O–H groups in total. The Morgan fingerprint density at radius 3 is 2.24 bits per heavy atom. The molecule has 0 aliphatic heterocycles. The van der Waals surface area contributed by atoms with Gasteiger partial charge in [-0.05, 0) is 28.8 Å². The molecular weight excluding hydrogens is 382 g/mol. The van der Waals surface area contributed by atoms with Crippen molar-refractivity contribution in [1.29, 1.82) is 0 Å². The molecule has 0 saturated carbocycles. The quantitative estimate of drug-likeness (QED) is 0.536. The summed E-state index contributed by atoms with van der Waals surface area (Å²) in [7, 11) is 0.756. The van der Waals surface area contributed by atoms with Crippen LogP contribution in [-0.2, 0) is 24.0 Å². The highest BCUT2D eigenvalue weighted by molar-refractivity contribution is 7.84. The molecule has 5 heteroatoms. The van der Waals surface area contributed by atoms with Gasteiger partial charge in [0.25, 0.3) is 0 Å². The molecule has 3 aromatic rings. The molecule has 2 unspecified atom stereocenters. The highest BCUT2D eigenvalue weighted by atomic mass is 32.2. The maximum atomic E-state index is 11.8. The monoisotopic (exact) mass is 409 g/mol. The van der Waals surface area contributed by atoms with Gasteiger partial charge in [0, 0.05) is 35.4 Å². The fraction of sp³-hybridized carbons (Fsp3) is 0.250. The summed E-state index contributed by atoms with van der Waals surface area (Å²) in [6, 6.07) is 26.2. The zero-order chi connectivity index (χ0) is 20.5. The van der Waals surface area contributed by atoms with Crippen LogP contribution in [0.1, 0.15) is 22.7 Å². The summed E-state index contributed by atoms with van der Waals surface area (Å²) in [4.78, 5) is 0. The third-order valence-corrected chi connectivity index (χ3v) is 5.42. The summed E-state index contributed by atoms with van der Waals surface area (Å²) in [5.41, 5.74) is 3.33. The van der Waals surface area contributed by atoms with Crippen LogP contribution in [0.3, 0.4) is 0 Å². The van der Waals surface area contributed by atoms with Crippen LogP contribution in [0.2, 0.25) is 0 Å². The van der Waals surface area contributed by atoms with Crippen LogP contribution in [0, 0.1) is 0 Å². The number of nitrogens with one attached hydrogen (secondary N) is 1. The van der Waals surface area contributed by atoms with Gasteiger partial charge in [-0.1, -0.05) is 66.7 Å². The number of ether oxygens (including phenoxy) is 2. The fourth-order valence-corrected chi connectivity index (χ4v) is 3.89. The first-order valence-corrected chi connectivity index (χ1v) is 11.3. The van der Waals surface area contributed by atoms with Gasteiger partial charge in [0.05, 0.1) is 7.11 Å². The summed E-state index contributed by atoms with van der Waals surface area (Å²) < 4.78 is 23.3. The second-order valence-electron chi connectivity index (χ2n) is 6.84. The van der Waals surface area contributed by atoms with Gasteiger partial charge in [0.2, 0.25) is 0 Å². The maximum absolute atomic E-state index is 11.8. The molecule has 3 aromatic carbocycles. The molecule has 0 aromatic heterocycles.